The Balaban J connectivity index is 1.31. The van der Waals surface area contributed by atoms with Crippen molar-refractivity contribution in [3.8, 4) is 11.5 Å². The van der Waals surface area contributed by atoms with Crippen molar-refractivity contribution in [1.82, 2.24) is 9.88 Å². The lowest BCUT2D eigenvalue weighted by atomic mass is 9.98. The monoisotopic (exact) mass is 352 g/mol. The maximum absolute atomic E-state index is 5.97. The van der Waals surface area contributed by atoms with Crippen LogP contribution >= 0.6 is 0 Å². The van der Waals surface area contributed by atoms with Crippen LogP contribution in [0.5, 0.6) is 11.5 Å². The lowest BCUT2D eigenvalue weighted by Crippen LogP contribution is -2.37. The van der Waals surface area contributed by atoms with Crippen molar-refractivity contribution < 1.29 is 13.9 Å². The number of para-hydroxylation sites is 2. The summed E-state index contributed by atoms with van der Waals surface area (Å²) in [4.78, 5) is 7.12. The van der Waals surface area contributed by atoms with Gasteiger partial charge in [0.25, 0.3) is 0 Å². The summed E-state index contributed by atoms with van der Waals surface area (Å²) in [7, 11) is 1.67. The van der Waals surface area contributed by atoms with E-state index >= 15 is 0 Å². The van der Waals surface area contributed by atoms with E-state index in [4.69, 9.17) is 13.9 Å². The molecule has 0 spiro atoms. The number of oxazole rings is 1. The van der Waals surface area contributed by atoms with Gasteiger partial charge in [0, 0.05) is 19.0 Å². The molecule has 5 heteroatoms. The number of fused-ring (bicyclic) bond motifs is 1. The highest BCUT2D eigenvalue weighted by molar-refractivity contribution is 5.72. The molecule has 2 heterocycles. The summed E-state index contributed by atoms with van der Waals surface area (Å²) in [6, 6.07) is 15.7. The second-order valence-electron chi connectivity index (χ2n) is 6.68. The van der Waals surface area contributed by atoms with E-state index in [1.165, 1.54) is 0 Å². The fourth-order valence-corrected chi connectivity index (χ4v) is 3.49. The maximum Gasteiger partial charge on any atom is 0.199 e. The van der Waals surface area contributed by atoms with Gasteiger partial charge in [0.05, 0.1) is 7.11 Å². The molecule has 0 radical (unpaired) electrons. The zero-order valence-electron chi connectivity index (χ0n) is 15.1. The van der Waals surface area contributed by atoms with Gasteiger partial charge >= 0.3 is 0 Å². The van der Waals surface area contributed by atoms with Crippen LogP contribution in [0.2, 0.25) is 0 Å². The van der Waals surface area contributed by atoms with Gasteiger partial charge in [0.1, 0.15) is 23.6 Å². The summed E-state index contributed by atoms with van der Waals surface area (Å²) in [5.74, 6) is 2.94. The maximum atomic E-state index is 5.97. The van der Waals surface area contributed by atoms with E-state index in [1.54, 1.807) is 7.11 Å². The van der Waals surface area contributed by atoms with Crippen molar-refractivity contribution >= 4 is 11.1 Å². The molecule has 0 amide bonds. The van der Waals surface area contributed by atoms with Crippen LogP contribution in [-0.4, -0.2) is 43.2 Å². The van der Waals surface area contributed by atoms with Crippen LogP contribution in [0.4, 0.5) is 0 Å². The molecule has 1 aliphatic heterocycles. The molecule has 2 aromatic carbocycles. The van der Waals surface area contributed by atoms with Gasteiger partial charge in [-0.15, -0.1) is 0 Å². The molecule has 1 atom stereocenters. The lowest BCUT2D eigenvalue weighted by Gasteiger charge is -2.31. The van der Waals surface area contributed by atoms with Gasteiger partial charge in [-0.1, -0.05) is 12.1 Å². The third-order valence-corrected chi connectivity index (χ3v) is 4.90. The molecule has 4 rings (SSSR count). The predicted molar refractivity (Wildman–Crippen MR) is 101 cm³/mol. The van der Waals surface area contributed by atoms with Crippen LogP contribution in [-0.2, 0) is 0 Å². The molecule has 0 N–H and O–H groups in total. The molecule has 1 aliphatic rings. The summed E-state index contributed by atoms with van der Waals surface area (Å²) >= 11 is 0. The molecule has 26 heavy (non-hydrogen) atoms. The number of aromatic nitrogens is 1. The molecule has 1 unspecified atom stereocenters. The number of ether oxygens (including phenoxy) is 2. The number of hydrogen-bond acceptors (Lipinski definition) is 5. The zero-order valence-corrected chi connectivity index (χ0v) is 15.1. The standard InChI is InChI=1S/C21H24N2O3/c1-24-17-8-10-18(11-9-17)25-14-13-23-12-4-5-16(15-23)21-22-19-6-2-3-7-20(19)26-21/h2-3,6-11,16H,4-5,12-15H2,1H3. The Bertz CT molecular complexity index is 811. The number of benzene rings is 2. The Kier molecular flexibility index (Phi) is 5.07. The van der Waals surface area contributed by atoms with Gasteiger partial charge in [-0.3, -0.25) is 4.90 Å². The van der Waals surface area contributed by atoms with E-state index in [2.05, 4.69) is 9.88 Å². The third kappa shape index (κ3) is 3.83. The smallest absolute Gasteiger partial charge is 0.199 e. The highest BCUT2D eigenvalue weighted by Crippen LogP contribution is 2.28. The second-order valence-corrected chi connectivity index (χ2v) is 6.68. The van der Waals surface area contributed by atoms with Crippen LogP contribution in [0.1, 0.15) is 24.7 Å². The molecule has 0 bridgehead atoms. The second kappa shape index (κ2) is 7.79. The summed E-state index contributed by atoms with van der Waals surface area (Å²) in [6.45, 7) is 3.65. The first-order chi connectivity index (χ1) is 12.8. The molecular formula is C21H24N2O3. The van der Waals surface area contributed by atoms with E-state index in [1.807, 2.05) is 48.5 Å². The fourth-order valence-electron chi connectivity index (χ4n) is 3.49. The van der Waals surface area contributed by atoms with Crippen molar-refractivity contribution in [3.05, 3.63) is 54.4 Å². The molecule has 0 aliphatic carbocycles. The van der Waals surface area contributed by atoms with Gasteiger partial charge in [0.15, 0.2) is 11.5 Å². The number of piperidine rings is 1. The minimum atomic E-state index is 0.358. The average molecular weight is 352 g/mol. The van der Waals surface area contributed by atoms with Gasteiger partial charge in [-0.25, -0.2) is 4.98 Å². The van der Waals surface area contributed by atoms with Crippen molar-refractivity contribution in [2.24, 2.45) is 0 Å². The van der Waals surface area contributed by atoms with Gasteiger partial charge in [-0.2, -0.15) is 0 Å². The minimum Gasteiger partial charge on any atom is -0.497 e. The number of nitrogens with zero attached hydrogens (tertiary/aromatic N) is 2. The Morgan fingerprint density at radius 3 is 2.73 bits per heavy atom. The summed E-state index contributed by atoms with van der Waals surface area (Å²) in [5, 5.41) is 0. The quantitative estimate of drug-likeness (QED) is 0.668. The van der Waals surface area contributed by atoms with E-state index in [0.717, 1.165) is 61.0 Å². The molecule has 136 valence electrons. The first kappa shape index (κ1) is 16.9. The fraction of sp³-hybridized carbons (Fsp3) is 0.381. The molecular weight excluding hydrogens is 328 g/mol. The molecule has 0 saturated carbocycles. The summed E-state index contributed by atoms with van der Waals surface area (Å²) in [6.07, 6.45) is 2.29. The SMILES string of the molecule is COc1ccc(OCCN2CCCC(c3nc4ccccc4o3)C2)cc1. The van der Waals surface area contributed by atoms with Crippen LogP contribution in [0, 0.1) is 0 Å². The Labute approximate surface area is 153 Å². The van der Waals surface area contributed by atoms with Gasteiger partial charge < -0.3 is 13.9 Å². The van der Waals surface area contributed by atoms with Crippen LogP contribution < -0.4 is 9.47 Å². The molecule has 3 aromatic rings. The predicted octanol–water partition coefficient (Wildman–Crippen LogP) is 4.09. The number of rotatable bonds is 6. The van der Waals surface area contributed by atoms with Gasteiger partial charge in [-0.05, 0) is 55.8 Å². The van der Waals surface area contributed by atoms with E-state index in [-0.39, 0.29) is 0 Å². The van der Waals surface area contributed by atoms with Crippen molar-refractivity contribution in [2.75, 3.05) is 33.4 Å². The normalized spacial score (nSPS) is 18.1. The van der Waals surface area contributed by atoms with Crippen LogP contribution in [0.3, 0.4) is 0 Å². The zero-order chi connectivity index (χ0) is 17.8. The molecule has 1 fully saturated rings. The minimum absolute atomic E-state index is 0.358. The van der Waals surface area contributed by atoms with E-state index in [9.17, 15) is 0 Å². The van der Waals surface area contributed by atoms with E-state index in [0.29, 0.717) is 12.5 Å². The largest absolute Gasteiger partial charge is 0.497 e. The molecule has 1 aromatic heterocycles. The average Bonchev–Trinajstić information content (AvgIpc) is 3.13. The van der Waals surface area contributed by atoms with E-state index < -0.39 is 0 Å². The van der Waals surface area contributed by atoms with Crippen molar-refractivity contribution in [2.45, 2.75) is 18.8 Å². The Morgan fingerprint density at radius 2 is 1.92 bits per heavy atom. The summed E-state index contributed by atoms with van der Waals surface area (Å²) < 4.78 is 17.0. The number of methoxy groups -OCH3 is 1. The Hall–Kier alpha value is -2.53. The third-order valence-electron chi connectivity index (χ3n) is 4.90. The van der Waals surface area contributed by atoms with Crippen LogP contribution in [0.15, 0.2) is 52.9 Å². The highest BCUT2D eigenvalue weighted by atomic mass is 16.5. The molecule has 1 saturated heterocycles. The van der Waals surface area contributed by atoms with Crippen molar-refractivity contribution in [1.29, 1.82) is 0 Å². The van der Waals surface area contributed by atoms with Crippen LogP contribution in [0.25, 0.3) is 11.1 Å². The topological polar surface area (TPSA) is 47.7 Å². The Morgan fingerprint density at radius 1 is 1.12 bits per heavy atom. The van der Waals surface area contributed by atoms with Gasteiger partial charge in [0.2, 0.25) is 0 Å². The lowest BCUT2D eigenvalue weighted by molar-refractivity contribution is 0.162. The summed E-state index contributed by atoms with van der Waals surface area (Å²) in [5.41, 5.74) is 1.82. The first-order valence-electron chi connectivity index (χ1n) is 9.16. The number of hydrogen-bond donors (Lipinski definition) is 0. The number of likely N-dealkylation sites (tertiary alicyclic amines) is 1. The highest BCUT2D eigenvalue weighted by Gasteiger charge is 2.25. The molecule has 5 nitrogen and oxygen atoms in total. The van der Waals surface area contributed by atoms with Crippen molar-refractivity contribution in [3.63, 3.8) is 0 Å². The first-order valence-corrected chi connectivity index (χ1v) is 9.16.